The van der Waals surface area contributed by atoms with Crippen molar-refractivity contribution in [2.24, 2.45) is 0 Å². The van der Waals surface area contributed by atoms with E-state index in [1.807, 2.05) is 23.6 Å². The van der Waals surface area contributed by atoms with E-state index in [1.165, 1.54) is 0 Å². The molecule has 0 aliphatic carbocycles. The van der Waals surface area contributed by atoms with E-state index in [9.17, 15) is 9.90 Å². The second-order valence-electron chi connectivity index (χ2n) is 5.16. The number of halogens is 1. The Morgan fingerprint density at radius 1 is 1.41 bits per heavy atom. The summed E-state index contributed by atoms with van der Waals surface area (Å²) in [5.74, 6) is 1.20. The molecule has 0 radical (unpaired) electrons. The smallest absolute Gasteiger partial charge is 0.322 e. The van der Waals surface area contributed by atoms with Crippen LogP contribution in [0.4, 0.5) is 10.5 Å². The van der Waals surface area contributed by atoms with Crippen molar-refractivity contribution >= 4 is 23.3 Å². The number of aliphatic hydroxyl groups is 1. The Morgan fingerprint density at radius 2 is 2.23 bits per heavy atom. The first kappa shape index (κ1) is 14.8. The largest absolute Gasteiger partial charge is 0.388 e. The van der Waals surface area contributed by atoms with Gasteiger partial charge in [-0.2, -0.15) is 0 Å². The monoisotopic (exact) mass is 321 g/mol. The molecule has 0 bridgehead atoms. The average Bonchev–Trinajstić information content (AvgIpc) is 2.93. The van der Waals surface area contributed by atoms with Crippen molar-refractivity contribution in [2.75, 3.05) is 11.9 Å². The molecule has 2 aromatic rings. The summed E-state index contributed by atoms with van der Waals surface area (Å²) in [5.41, 5.74) is 1.62. The Balaban J connectivity index is 1.70. The summed E-state index contributed by atoms with van der Waals surface area (Å²) in [6.07, 6.45) is 0. The zero-order valence-corrected chi connectivity index (χ0v) is 12.8. The van der Waals surface area contributed by atoms with E-state index < -0.39 is 0 Å². The van der Waals surface area contributed by atoms with Gasteiger partial charge in [-0.05, 0) is 24.6 Å². The molecule has 0 unspecified atom stereocenters. The van der Waals surface area contributed by atoms with Gasteiger partial charge in [0, 0.05) is 23.8 Å². The van der Waals surface area contributed by atoms with Crippen LogP contribution >= 0.6 is 11.6 Å². The first-order valence-electron chi connectivity index (χ1n) is 6.92. The number of aliphatic hydroxyl groups excluding tert-OH is 1. The number of aromatic nitrogens is 3. The third-order valence-electron chi connectivity index (χ3n) is 3.68. The van der Waals surface area contributed by atoms with Crippen LogP contribution in [0.5, 0.6) is 0 Å². The molecule has 1 aromatic carbocycles. The van der Waals surface area contributed by atoms with Gasteiger partial charge in [0.1, 0.15) is 6.61 Å². The summed E-state index contributed by atoms with van der Waals surface area (Å²) in [6.45, 7) is 3.22. The molecule has 1 aromatic heterocycles. The van der Waals surface area contributed by atoms with Gasteiger partial charge in [-0.15, -0.1) is 10.2 Å². The molecule has 0 saturated carbocycles. The maximum absolute atomic E-state index is 12.3. The number of rotatable bonds is 2. The number of benzene rings is 1. The molecule has 0 atom stereocenters. The molecule has 7 nitrogen and oxygen atoms in total. The molecule has 0 saturated heterocycles. The highest BCUT2D eigenvalue weighted by molar-refractivity contribution is 6.31. The summed E-state index contributed by atoms with van der Waals surface area (Å²) in [6, 6.07) is 5.19. The van der Waals surface area contributed by atoms with Crippen molar-refractivity contribution in [2.45, 2.75) is 26.6 Å². The zero-order valence-electron chi connectivity index (χ0n) is 12.1. The number of hydrogen-bond donors (Lipinski definition) is 2. The Bertz CT molecular complexity index is 715. The molecule has 0 fully saturated rings. The minimum atomic E-state index is -0.209. The lowest BCUT2D eigenvalue weighted by molar-refractivity contribution is 0.192. The lowest BCUT2D eigenvalue weighted by atomic mass is 10.2. The second-order valence-corrected chi connectivity index (χ2v) is 5.57. The average molecular weight is 322 g/mol. The van der Waals surface area contributed by atoms with Gasteiger partial charge >= 0.3 is 6.03 Å². The first-order valence-corrected chi connectivity index (χ1v) is 7.30. The number of anilines is 1. The maximum atomic E-state index is 12.3. The SMILES string of the molecule is Cc1ccc(NC(=O)N2CCn3c(CO)nnc3C2)cc1Cl. The third-order valence-corrected chi connectivity index (χ3v) is 4.09. The molecule has 116 valence electrons. The fraction of sp³-hybridized carbons (Fsp3) is 0.357. The Labute approximate surface area is 132 Å². The fourth-order valence-electron chi connectivity index (χ4n) is 2.38. The van der Waals surface area contributed by atoms with Crippen LogP contribution < -0.4 is 5.32 Å². The van der Waals surface area contributed by atoms with Crippen LogP contribution in [-0.2, 0) is 19.7 Å². The van der Waals surface area contributed by atoms with E-state index in [-0.39, 0.29) is 12.6 Å². The molecular formula is C14H16ClN5O2. The number of urea groups is 1. The number of aryl methyl sites for hydroxylation is 1. The Kier molecular flexibility index (Phi) is 4.00. The van der Waals surface area contributed by atoms with Gasteiger partial charge in [-0.25, -0.2) is 4.79 Å². The minimum Gasteiger partial charge on any atom is -0.388 e. The van der Waals surface area contributed by atoms with Gasteiger partial charge in [-0.3, -0.25) is 0 Å². The van der Waals surface area contributed by atoms with Crippen molar-refractivity contribution in [3.63, 3.8) is 0 Å². The van der Waals surface area contributed by atoms with Gasteiger partial charge in [-0.1, -0.05) is 17.7 Å². The van der Waals surface area contributed by atoms with E-state index in [2.05, 4.69) is 15.5 Å². The fourth-order valence-corrected chi connectivity index (χ4v) is 2.56. The third kappa shape index (κ3) is 2.77. The topological polar surface area (TPSA) is 83.3 Å². The van der Waals surface area contributed by atoms with Gasteiger partial charge in [0.2, 0.25) is 0 Å². The minimum absolute atomic E-state index is 0.152. The van der Waals surface area contributed by atoms with Gasteiger partial charge in [0.15, 0.2) is 11.6 Å². The molecule has 3 rings (SSSR count). The summed E-state index contributed by atoms with van der Waals surface area (Å²) < 4.78 is 1.84. The molecule has 8 heteroatoms. The highest BCUT2D eigenvalue weighted by atomic mass is 35.5. The number of nitrogens with one attached hydrogen (secondary N) is 1. The van der Waals surface area contributed by atoms with Crippen LogP contribution in [0.15, 0.2) is 18.2 Å². The Hall–Kier alpha value is -2.12. The lowest BCUT2D eigenvalue weighted by Crippen LogP contribution is -2.41. The highest BCUT2D eigenvalue weighted by Crippen LogP contribution is 2.21. The molecule has 2 N–H and O–H groups in total. The summed E-state index contributed by atoms with van der Waals surface area (Å²) >= 11 is 6.06. The predicted molar refractivity (Wildman–Crippen MR) is 81.6 cm³/mol. The number of nitrogens with zero attached hydrogens (tertiary/aromatic N) is 4. The quantitative estimate of drug-likeness (QED) is 0.883. The van der Waals surface area contributed by atoms with E-state index in [1.54, 1.807) is 11.0 Å². The number of hydrogen-bond acceptors (Lipinski definition) is 4. The number of amides is 2. The van der Waals surface area contributed by atoms with Gasteiger partial charge in [0.25, 0.3) is 0 Å². The van der Waals surface area contributed by atoms with E-state index in [0.717, 1.165) is 5.56 Å². The summed E-state index contributed by atoms with van der Waals surface area (Å²) in [4.78, 5) is 14.0. The van der Waals surface area contributed by atoms with Gasteiger partial charge in [0.05, 0.1) is 6.54 Å². The summed E-state index contributed by atoms with van der Waals surface area (Å²) in [7, 11) is 0. The van der Waals surface area contributed by atoms with Crippen LogP contribution in [-0.4, -0.2) is 37.3 Å². The Morgan fingerprint density at radius 3 is 2.95 bits per heavy atom. The number of carbonyl (C=O) groups is 1. The molecule has 2 heterocycles. The zero-order chi connectivity index (χ0) is 15.7. The maximum Gasteiger partial charge on any atom is 0.322 e. The van der Waals surface area contributed by atoms with Crippen molar-refractivity contribution in [3.05, 3.63) is 40.4 Å². The van der Waals surface area contributed by atoms with Crippen LogP contribution in [0.1, 0.15) is 17.2 Å². The molecular weight excluding hydrogens is 306 g/mol. The molecule has 0 spiro atoms. The number of fused-ring (bicyclic) bond motifs is 1. The summed E-state index contributed by atoms with van der Waals surface area (Å²) in [5, 5.41) is 20.5. The molecule has 1 aliphatic rings. The van der Waals surface area contributed by atoms with Crippen molar-refractivity contribution in [3.8, 4) is 0 Å². The van der Waals surface area contributed by atoms with Gasteiger partial charge < -0.3 is 19.9 Å². The normalized spacial score (nSPS) is 13.9. The number of carbonyl (C=O) groups excluding carboxylic acids is 1. The van der Waals surface area contributed by atoms with E-state index in [4.69, 9.17) is 11.6 Å². The molecule has 22 heavy (non-hydrogen) atoms. The predicted octanol–water partition coefficient (Wildman–Crippen LogP) is 1.78. The molecule has 2 amide bonds. The standard InChI is InChI=1S/C14H16ClN5O2/c1-9-2-3-10(6-11(9)15)16-14(22)19-4-5-20-12(7-19)17-18-13(20)8-21/h2-3,6,21H,4-5,7-8H2,1H3,(H,16,22). The van der Waals surface area contributed by atoms with E-state index in [0.29, 0.717) is 42.0 Å². The lowest BCUT2D eigenvalue weighted by Gasteiger charge is -2.27. The van der Waals surface area contributed by atoms with Crippen LogP contribution in [0.2, 0.25) is 5.02 Å². The van der Waals surface area contributed by atoms with Crippen molar-refractivity contribution in [1.82, 2.24) is 19.7 Å². The van der Waals surface area contributed by atoms with Crippen LogP contribution in [0, 0.1) is 6.92 Å². The highest BCUT2D eigenvalue weighted by Gasteiger charge is 2.24. The van der Waals surface area contributed by atoms with Crippen LogP contribution in [0.25, 0.3) is 0 Å². The molecule has 1 aliphatic heterocycles. The van der Waals surface area contributed by atoms with Crippen molar-refractivity contribution < 1.29 is 9.90 Å². The van der Waals surface area contributed by atoms with Crippen LogP contribution in [0.3, 0.4) is 0 Å². The first-order chi connectivity index (χ1) is 10.6. The van der Waals surface area contributed by atoms with E-state index >= 15 is 0 Å². The second kappa shape index (κ2) is 5.94. The van der Waals surface area contributed by atoms with Crippen molar-refractivity contribution in [1.29, 1.82) is 0 Å².